The van der Waals surface area contributed by atoms with E-state index >= 15 is 0 Å². The molecular formula is C75H51N5. The highest BCUT2D eigenvalue weighted by Crippen LogP contribution is 2.49. The Bertz CT molecular complexity index is 4230. The summed E-state index contributed by atoms with van der Waals surface area (Å²) in [6, 6.07) is 110. The van der Waals surface area contributed by atoms with Gasteiger partial charge in [-0.1, -0.05) is 249 Å². The number of hydrogen-bond donors (Lipinski definition) is 0. The van der Waals surface area contributed by atoms with Gasteiger partial charge >= 0.3 is 0 Å². The van der Waals surface area contributed by atoms with Crippen molar-refractivity contribution >= 4 is 38.9 Å². The van der Waals surface area contributed by atoms with Crippen LogP contribution in [0.3, 0.4) is 0 Å². The number of nitrogens with zero attached hydrogens (tertiary/aromatic N) is 5. The number of rotatable bonds is 12. The Labute approximate surface area is 465 Å². The van der Waals surface area contributed by atoms with E-state index in [9.17, 15) is 0 Å². The lowest BCUT2D eigenvalue weighted by molar-refractivity contribution is 1.07. The fourth-order valence-corrected chi connectivity index (χ4v) is 11.1. The maximum absolute atomic E-state index is 5.40. The van der Waals surface area contributed by atoms with Crippen LogP contribution in [0.1, 0.15) is 0 Å². The molecule has 0 saturated heterocycles. The zero-order valence-corrected chi connectivity index (χ0v) is 43.7. The Kier molecular flexibility index (Phi) is 12.5. The van der Waals surface area contributed by atoms with Gasteiger partial charge in [-0.05, 0) is 105 Å². The highest BCUT2D eigenvalue weighted by atomic mass is 15.1. The Morgan fingerprint density at radius 3 is 0.912 bits per heavy atom. The van der Waals surface area contributed by atoms with Gasteiger partial charge in [-0.3, -0.25) is 0 Å². The Morgan fingerprint density at radius 1 is 0.237 bits per heavy atom. The fourth-order valence-electron chi connectivity index (χ4n) is 11.1. The molecular weight excluding hydrogens is 971 g/mol. The van der Waals surface area contributed by atoms with E-state index in [1.54, 1.807) is 0 Å². The third kappa shape index (κ3) is 9.19. The molecule has 5 heteroatoms. The zero-order chi connectivity index (χ0) is 53.2. The highest BCUT2D eigenvalue weighted by Gasteiger charge is 2.26. The molecule has 0 atom stereocenters. The summed E-state index contributed by atoms with van der Waals surface area (Å²) in [6.07, 6.45) is 0. The summed E-state index contributed by atoms with van der Waals surface area (Å²) in [7, 11) is 0. The minimum absolute atomic E-state index is 0.569. The maximum Gasteiger partial charge on any atom is 0.164 e. The lowest BCUT2D eigenvalue weighted by atomic mass is 9.91. The van der Waals surface area contributed by atoms with E-state index in [0.29, 0.717) is 17.5 Å². The van der Waals surface area contributed by atoms with Crippen LogP contribution in [-0.2, 0) is 0 Å². The number of fused-ring (bicyclic) bond motifs is 3. The van der Waals surface area contributed by atoms with Crippen molar-refractivity contribution in [3.05, 3.63) is 309 Å². The van der Waals surface area contributed by atoms with Crippen LogP contribution in [0.5, 0.6) is 0 Å². The van der Waals surface area contributed by atoms with Gasteiger partial charge in [0, 0.05) is 55.7 Å². The second-order valence-corrected chi connectivity index (χ2v) is 20.0. The Morgan fingerprint density at radius 2 is 0.525 bits per heavy atom. The molecule has 0 amide bonds. The number of anilines is 3. The molecule has 0 aliphatic heterocycles. The van der Waals surface area contributed by atoms with Gasteiger partial charge in [-0.2, -0.15) is 0 Å². The standard InChI is InChI=1S/C75H51N5/c1-6-20-52(21-7-1)55-34-38-60(39-35-55)73-76-74(61-40-36-56(37-41-61)53-22-8-2-9-23-53)78-75(77-73)62-50-68(58-26-12-4-13-27-58)72(69(51-62)59-28-14-5-15-29-59)79(63-44-42-57(43-45-63)54-24-10-3-11-25-54)64-46-48-65(49-47-64)80-70-32-18-16-30-66(70)67-31-17-19-33-71(67)80/h1-51H. The smallest absolute Gasteiger partial charge is 0.164 e. The van der Waals surface area contributed by atoms with Crippen molar-refractivity contribution in [2.45, 2.75) is 0 Å². The molecule has 0 spiro atoms. The molecule has 0 bridgehead atoms. The zero-order valence-electron chi connectivity index (χ0n) is 43.7. The topological polar surface area (TPSA) is 46.8 Å². The third-order valence-electron chi connectivity index (χ3n) is 15.1. The van der Waals surface area contributed by atoms with Gasteiger partial charge in [0.2, 0.25) is 0 Å². The van der Waals surface area contributed by atoms with Gasteiger partial charge < -0.3 is 9.47 Å². The summed E-state index contributed by atoms with van der Waals surface area (Å²) in [5.74, 6) is 1.75. The van der Waals surface area contributed by atoms with Gasteiger partial charge in [-0.15, -0.1) is 0 Å². The SMILES string of the molecule is c1ccc(-c2ccc(-c3nc(-c4ccc(-c5ccccc5)cc4)nc(-c4cc(-c5ccccc5)c(N(c5ccc(-c6ccccc6)cc5)c5ccc(-n6c7ccccc7c7ccccc76)cc5)c(-c5ccccc5)c4)n3)cc2)cc1. The normalized spacial score (nSPS) is 11.2. The van der Waals surface area contributed by atoms with Gasteiger partial charge in [0.1, 0.15) is 0 Å². The molecule has 0 fully saturated rings. The molecule has 2 aromatic heterocycles. The summed E-state index contributed by atoms with van der Waals surface area (Å²) in [6.45, 7) is 0. The largest absolute Gasteiger partial charge is 0.309 e. The number of para-hydroxylation sites is 2. The molecule has 80 heavy (non-hydrogen) atoms. The second kappa shape index (κ2) is 21.0. The van der Waals surface area contributed by atoms with Crippen LogP contribution >= 0.6 is 0 Å². The van der Waals surface area contributed by atoms with Crippen LogP contribution in [0.15, 0.2) is 309 Å². The van der Waals surface area contributed by atoms with E-state index in [4.69, 9.17) is 15.0 Å². The first-order chi connectivity index (χ1) is 39.7. The van der Waals surface area contributed by atoms with Crippen LogP contribution in [0.25, 0.3) is 117 Å². The molecule has 14 rings (SSSR count). The van der Waals surface area contributed by atoms with E-state index in [-0.39, 0.29) is 0 Å². The molecule has 376 valence electrons. The molecule has 14 aromatic rings. The van der Waals surface area contributed by atoms with Gasteiger partial charge in [0.05, 0.1) is 16.7 Å². The van der Waals surface area contributed by atoms with Crippen LogP contribution < -0.4 is 4.90 Å². The van der Waals surface area contributed by atoms with Gasteiger partial charge in [-0.25, -0.2) is 15.0 Å². The lowest BCUT2D eigenvalue weighted by Crippen LogP contribution is -2.13. The molecule has 0 unspecified atom stereocenters. The summed E-state index contributed by atoms with van der Waals surface area (Å²) in [5, 5.41) is 2.46. The van der Waals surface area contributed by atoms with E-state index in [1.807, 2.05) is 12.1 Å². The predicted molar refractivity (Wildman–Crippen MR) is 332 cm³/mol. The van der Waals surface area contributed by atoms with E-state index in [2.05, 4.69) is 307 Å². The molecule has 5 nitrogen and oxygen atoms in total. The van der Waals surface area contributed by atoms with Crippen LogP contribution in [0, 0.1) is 0 Å². The van der Waals surface area contributed by atoms with Crippen molar-refractivity contribution < 1.29 is 0 Å². The average molecular weight is 1020 g/mol. The summed E-state index contributed by atoms with van der Waals surface area (Å²) in [4.78, 5) is 18.5. The molecule has 0 aliphatic rings. The monoisotopic (exact) mass is 1020 g/mol. The predicted octanol–water partition coefficient (Wildman–Crippen LogP) is 19.8. The molecule has 2 heterocycles. The van der Waals surface area contributed by atoms with E-state index < -0.39 is 0 Å². The second-order valence-electron chi connectivity index (χ2n) is 20.0. The molecule has 0 saturated carbocycles. The van der Waals surface area contributed by atoms with Crippen LogP contribution in [0.4, 0.5) is 17.1 Å². The summed E-state index contributed by atoms with van der Waals surface area (Å²) >= 11 is 0. The number of hydrogen-bond acceptors (Lipinski definition) is 4. The fraction of sp³-hybridized carbons (Fsp3) is 0. The average Bonchev–Trinajstić information content (AvgIpc) is 3.97. The Hall–Kier alpha value is -10.8. The van der Waals surface area contributed by atoms with Crippen LogP contribution in [-0.4, -0.2) is 19.5 Å². The molecule has 0 N–H and O–H groups in total. The molecule has 12 aromatic carbocycles. The van der Waals surface area contributed by atoms with E-state index in [1.165, 1.54) is 21.8 Å². The van der Waals surface area contributed by atoms with Crippen molar-refractivity contribution in [1.82, 2.24) is 19.5 Å². The van der Waals surface area contributed by atoms with Crippen molar-refractivity contribution in [3.8, 4) is 95.5 Å². The third-order valence-corrected chi connectivity index (χ3v) is 15.1. The van der Waals surface area contributed by atoms with Gasteiger partial charge in [0.25, 0.3) is 0 Å². The minimum Gasteiger partial charge on any atom is -0.309 e. The molecule has 0 aliphatic carbocycles. The highest BCUT2D eigenvalue weighted by molar-refractivity contribution is 6.09. The quantitative estimate of drug-likeness (QED) is 0.122. The lowest BCUT2D eigenvalue weighted by Gasteiger charge is -2.31. The first-order valence-corrected chi connectivity index (χ1v) is 27.1. The number of benzene rings is 12. The summed E-state index contributed by atoms with van der Waals surface area (Å²) < 4.78 is 2.37. The first-order valence-electron chi connectivity index (χ1n) is 27.1. The summed E-state index contributed by atoms with van der Waals surface area (Å²) in [5.41, 5.74) is 20.1. The van der Waals surface area contributed by atoms with E-state index in [0.717, 1.165) is 95.1 Å². The van der Waals surface area contributed by atoms with Crippen molar-refractivity contribution in [3.63, 3.8) is 0 Å². The minimum atomic E-state index is 0.569. The Balaban J connectivity index is 0.987. The number of aromatic nitrogens is 4. The van der Waals surface area contributed by atoms with Crippen molar-refractivity contribution in [1.29, 1.82) is 0 Å². The molecule has 0 radical (unpaired) electrons. The van der Waals surface area contributed by atoms with Crippen LogP contribution in [0.2, 0.25) is 0 Å². The first kappa shape index (κ1) is 47.7. The van der Waals surface area contributed by atoms with Crippen molar-refractivity contribution in [2.24, 2.45) is 0 Å². The van der Waals surface area contributed by atoms with Gasteiger partial charge in [0.15, 0.2) is 17.5 Å². The maximum atomic E-state index is 5.40. The van der Waals surface area contributed by atoms with Crippen molar-refractivity contribution in [2.75, 3.05) is 4.90 Å².